The Kier molecular flexibility index (Phi) is 3.88. The van der Waals surface area contributed by atoms with Crippen LogP contribution in [0.25, 0.3) is 0 Å². The number of methoxy groups -OCH3 is 1. The number of hydrogen-bond donors (Lipinski definition) is 1. The molecule has 0 spiro atoms. The van der Waals surface area contributed by atoms with Crippen molar-refractivity contribution in [3.63, 3.8) is 0 Å². The molecule has 1 aromatic rings. The number of carbonyl (C=O) groups is 2. The molecule has 1 amide bonds. The number of hydrogen-bond acceptors (Lipinski definition) is 3. The van der Waals surface area contributed by atoms with E-state index in [1.165, 1.54) is 20.0 Å². The molecule has 1 heterocycles. The molecule has 1 aliphatic rings. The van der Waals surface area contributed by atoms with E-state index < -0.39 is 5.97 Å². The van der Waals surface area contributed by atoms with Gasteiger partial charge in [-0.05, 0) is 45.1 Å². The summed E-state index contributed by atoms with van der Waals surface area (Å²) in [6.07, 6.45) is 2.38. The molecule has 0 aromatic carbocycles. The van der Waals surface area contributed by atoms with Crippen molar-refractivity contribution in [3.8, 4) is 0 Å². The average Bonchev–Trinajstić information content (AvgIpc) is 3.22. The maximum atomic E-state index is 12.6. The van der Waals surface area contributed by atoms with Crippen LogP contribution in [-0.4, -0.2) is 42.0 Å². The van der Waals surface area contributed by atoms with E-state index in [0.29, 0.717) is 28.4 Å². The fraction of sp³-hybridized carbons (Fsp3) is 0.600. The summed E-state index contributed by atoms with van der Waals surface area (Å²) in [5, 5.41) is 0. The fourth-order valence-corrected chi connectivity index (χ4v) is 2.63. The third kappa shape index (κ3) is 2.44. The molecule has 1 aromatic heterocycles. The van der Waals surface area contributed by atoms with Gasteiger partial charge in [-0.1, -0.05) is 0 Å². The predicted molar refractivity (Wildman–Crippen MR) is 75.9 cm³/mol. The SMILES string of the molecule is COC(=O)c1c(C)[nH]c(C(=O)N(C)C(C)C2CC2)c1C. The third-order valence-corrected chi connectivity index (χ3v) is 4.28. The minimum absolute atomic E-state index is 0.0693. The zero-order valence-electron chi connectivity index (χ0n) is 12.7. The Labute approximate surface area is 119 Å². The molecule has 110 valence electrons. The van der Waals surface area contributed by atoms with E-state index >= 15 is 0 Å². The molecular weight excluding hydrogens is 256 g/mol. The average molecular weight is 278 g/mol. The van der Waals surface area contributed by atoms with Gasteiger partial charge in [0.25, 0.3) is 5.91 Å². The van der Waals surface area contributed by atoms with Crippen LogP contribution in [0, 0.1) is 19.8 Å². The van der Waals surface area contributed by atoms with Gasteiger partial charge in [0.2, 0.25) is 0 Å². The molecule has 1 fully saturated rings. The van der Waals surface area contributed by atoms with Gasteiger partial charge in [0, 0.05) is 18.8 Å². The van der Waals surface area contributed by atoms with E-state index in [2.05, 4.69) is 11.9 Å². The molecule has 1 unspecified atom stereocenters. The number of H-pyrrole nitrogens is 1. The summed E-state index contributed by atoms with van der Waals surface area (Å²) in [6, 6.07) is 0.229. The van der Waals surface area contributed by atoms with Crippen molar-refractivity contribution in [3.05, 3.63) is 22.5 Å². The molecule has 0 radical (unpaired) electrons. The Bertz CT molecular complexity index is 544. The normalized spacial score (nSPS) is 15.8. The molecule has 0 aliphatic heterocycles. The third-order valence-electron chi connectivity index (χ3n) is 4.28. The largest absolute Gasteiger partial charge is 0.465 e. The van der Waals surface area contributed by atoms with Crippen LogP contribution in [-0.2, 0) is 4.74 Å². The fourth-order valence-electron chi connectivity index (χ4n) is 2.63. The van der Waals surface area contributed by atoms with Crippen molar-refractivity contribution in [2.45, 2.75) is 39.7 Å². The molecule has 1 N–H and O–H groups in total. The highest BCUT2D eigenvalue weighted by Gasteiger charge is 2.34. The molecule has 20 heavy (non-hydrogen) atoms. The summed E-state index contributed by atoms with van der Waals surface area (Å²) in [6.45, 7) is 5.63. The first-order chi connectivity index (χ1) is 9.38. The standard InChI is InChI=1S/C15H22N2O3/c1-8-12(15(19)20-5)9(2)16-13(8)14(18)17(4)10(3)11-6-7-11/h10-11,16H,6-7H2,1-5H3. The first-order valence-corrected chi connectivity index (χ1v) is 6.93. The molecule has 5 heteroatoms. The number of ether oxygens (including phenoxy) is 1. The van der Waals surface area contributed by atoms with Crippen molar-refractivity contribution < 1.29 is 14.3 Å². The van der Waals surface area contributed by atoms with Crippen LogP contribution in [0.15, 0.2) is 0 Å². The summed E-state index contributed by atoms with van der Waals surface area (Å²) >= 11 is 0. The Balaban J connectivity index is 2.28. The van der Waals surface area contributed by atoms with Gasteiger partial charge >= 0.3 is 5.97 Å². The van der Waals surface area contributed by atoms with E-state index in [0.717, 1.165) is 0 Å². The van der Waals surface area contributed by atoms with Crippen LogP contribution in [0.2, 0.25) is 0 Å². The number of rotatable bonds is 4. The van der Waals surface area contributed by atoms with Crippen LogP contribution in [0.5, 0.6) is 0 Å². The number of carbonyl (C=O) groups excluding carboxylic acids is 2. The molecule has 2 rings (SSSR count). The second kappa shape index (κ2) is 5.31. The Morgan fingerprint density at radius 3 is 2.45 bits per heavy atom. The topological polar surface area (TPSA) is 62.4 Å². The van der Waals surface area contributed by atoms with Gasteiger partial charge in [0.1, 0.15) is 5.69 Å². The van der Waals surface area contributed by atoms with Crippen LogP contribution in [0.4, 0.5) is 0 Å². The zero-order chi connectivity index (χ0) is 15.0. The molecule has 1 saturated carbocycles. The smallest absolute Gasteiger partial charge is 0.339 e. The number of nitrogens with zero attached hydrogens (tertiary/aromatic N) is 1. The van der Waals surface area contributed by atoms with Crippen LogP contribution in [0.3, 0.4) is 0 Å². The lowest BCUT2D eigenvalue weighted by Crippen LogP contribution is -2.37. The van der Waals surface area contributed by atoms with E-state index in [9.17, 15) is 9.59 Å². The van der Waals surface area contributed by atoms with E-state index in [1.807, 2.05) is 7.05 Å². The van der Waals surface area contributed by atoms with Gasteiger partial charge < -0.3 is 14.6 Å². The van der Waals surface area contributed by atoms with Gasteiger partial charge in [-0.25, -0.2) is 4.79 Å². The molecule has 0 saturated heterocycles. The number of aryl methyl sites for hydroxylation is 1. The minimum atomic E-state index is -0.409. The van der Waals surface area contributed by atoms with Gasteiger partial charge in [-0.2, -0.15) is 0 Å². The Hall–Kier alpha value is -1.78. The highest BCUT2D eigenvalue weighted by molar-refractivity contribution is 6.00. The summed E-state index contributed by atoms with van der Waals surface area (Å²) in [5.74, 6) is 0.133. The molecular formula is C15H22N2O3. The Morgan fingerprint density at radius 2 is 1.95 bits per heavy atom. The highest BCUT2D eigenvalue weighted by Crippen LogP contribution is 2.35. The van der Waals surface area contributed by atoms with E-state index in [-0.39, 0.29) is 11.9 Å². The first-order valence-electron chi connectivity index (χ1n) is 6.93. The number of nitrogens with one attached hydrogen (secondary N) is 1. The van der Waals surface area contributed by atoms with Gasteiger partial charge in [0.05, 0.1) is 12.7 Å². The van der Waals surface area contributed by atoms with Crippen molar-refractivity contribution in [2.24, 2.45) is 5.92 Å². The van der Waals surface area contributed by atoms with Crippen LogP contribution in [0.1, 0.15) is 51.9 Å². The predicted octanol–water partition coefficient (Wildman–Crippen LogP) is 2.29. The summed E-state index contributed by atoms with van der Waals surface area (Å²) < 4.78 is 4.76. The zero-order valence-corrected chi connectivity index (χ0v) is 12.7. The van der Waals surface area contributed by atoms with Gasteiger partial charge in [0.15, 0.2) is 0 Å². The highest BCUT2D eigenvalue weighted by atomic mass is 16.5. The number of amides is 1. The lowest BCUT2D eigenvalue weighted by atomic mass is 10.1. The molecule has 1 atom stereocenters. The minimum Gasteiger partial charge on any atom is -0.465 e. The summed E-state index contributed by atoms with van der Waals surface area (Å²) in [4.78, 5) is 29.1. The second-order valence-corrected chi connectivity index (χ2v) is 5.61. The van der Waals surface area contributed by atoms with Crippen LogP contribution >= 0.6 is 0 Å². The van der Waals surface area contributed by atoms with Gasteiger partial charge in [-0.15, -0.1) is 0 Å². The monoisotopic (exact) mass is 278 g/mol. The molecule has 5 nitrogen and oxygen atoms in total. The second-order valence-electron chi connectivity index (χ2n) is 5.61. The maximum Gasteiger partial charge on any atom is 0.339 e. The Morgan fingerprint density at radius 1 is 1.35 bits per heavy atom. The van der Waals surface area contributed by atoms with Crippen molar-refractivity contribution >= 4 is 11.9 Å². The molecule has 1 aliphatic carbocycles. The summed E-state index contributed by atoms with van der Waals surface area (Å²) in [5.41, 5.74) is 2.28. The lowest BCUT2D eigenvalue weighted by Gasteiger charge is -2.24. The van der Waals surface area contributed by atoms with Crippen LogP contribution < -0.4 is 0 Å². The maximum absolute atomic E-state index is 12.6. The number of esters is 1. The number of aromatic nitrogens is 1. The van der Waals surface area contributed by atoms with Crippen molar-refractivity contribution in [1.29, 1.82) is 0 Å². The summed E-state index contributed by atoms with van der Waals surface area (Å²) in [7, 11) is 3.16. The van der Waals surface area contributed by atoms with E-state index in [4.69, 9.17) is 4.74 Å². The number of aromatic amines is 1. The van der Waals surface area contributed by atoms with Crippen molar-refractivity contribution in [2.75, 3.05) is 14.2 Å². The van der Waals surface area contributed by atoms with E-state index in [1.54, 1.807) is 18.7 Å². The lowest BCUT2D eigenvalue weighted by molar-refractivity contribution is 0.0599. The van der Waals surface area contributed by atoms with Crippen molar-refractivity contribution in [1.82, 2.24) is 9.88 Å². The first kappa shape index (κ1) is 14.6. The van der Waals surface area contributed by atoms with Gasteiger partial charge in [-0.3, -0.25) is 4.79 Å². The quantitative estimate of drug-likeness (QED) is 0.859. The molecule has 0 bridgehead atoms.